The minimum absolute atomic E-state index is 0.00833. The van der Waals surface area contributed by atoms with E-state index in [0.717, 1.165) is 17.6 Å². The molecule has 56 heavy (non-hydrogen) atoms. The van der Waals surface area contributed by atoms with E-state index in [4.69, 9.17) is 24.7 Å². The van der Waals surface area contributed by atoms with Crippen LogP contribution < -0.4 is 35.9 Å². The van der Waals surface area contributed by atoms with Crippen LogP contribution in [0.15, 0.2) is 53.9 Å². The second-order valence-electron chi connectivity index (χ2n) is 15.5. The van der Waals surface area contributed by atoms with Crippen molar-refractivity contribution < 1.29 is 54.4 Å². The normalized spacial score (nSPS) is 27.0. The molecule has 310 valence electrons. The van der Waals surface area contributed by atoms with Gasteiger partial charge < -0.3 is 66.0 Å². The molecule has 11 N–H and O–H groups in total. The van der Waals surface area contributed by atoms with E-state index in [-0.39, 0.29) is 67.9 Å². The summed E-state index contributed by atoms with van der Waals surface area (Å²) in [6.07, 6.45) is 4.97. The number of aliphatic hydroxyl groups excluding tert-OH is 3. The van der Waals surface area contributed by atoms with Crippen LogP contribution in [0.1, 0.15) is 76.0 Å². The van der Waals surface area contributed by atoms with Crippen molar-refractivity contribution in [1.29, 1.82) is 0 Å². The molecule has 0 radical (unpaired) electrons. The summed E-state index contributed by atoms with van der Waals surface area (Å²) >= 11 is 0. The van der Waals surface area contributed by atoms with Crippen molar-refractivity contribution in [2.45, 2.75) is 102 Å². The van der Waals surface area contributed by atoms with Gasteiger partial charge in [-0.15, -0.1) is 0 Å². The lowest BCUT2D eigenvalue weighted by Crippen LogP contribution is -2.57. The summed E-state index contributed by atoms with van der Waals surface area (Å²) in [7, 11) is 1.43. The second-order valence-corrected chi connectivity index (χ2v) is 15.5. The molecule has 0 bridgehead atoms. The number of hydrogen-bond acceptors (Lipinski definition) is 14. The SMILES string of the molecule is COc1cc([C@H]2O[C@@H](CCc3ccc(O)c(OCNC[C@H](C)O)c3)C[C@H](O)[C@@H]2CCO)cc(OC[C@H]2N[C@@H](C)CC[C@]2(CC(=O)O)CC2=CCNC(N)=C2)c1O. The summed E-state index contributed by atoms with van der Waals surface area (Å²) in [6, 6.07) is 8.14. The molecule has 0 aliphatic carbocycles. The summed E-state index contributed by atoms with van der Waals surface area (Å²) in [5, 5.41) is 72.2. The third-order valence-electron chi connectivity index (χ3n) is 11.1. The summed E-state index contributed by atoms with van der Waals surface area (Å²) in [4.78, 5) is 12.3. The van der Waals surface area contributed by atoms with Gasteiger partial charge in [0.15, 0.2) is 23.0 Å². The van der Waals surface area contributed by atoms with Crippen LogP contribution in [0.3, 0.4) is 0 Å². The average Bonchev–Trinajstić information content (AvgIpc) is 3.15. The Hall–Kier alpha value is -4.25. The molecule has 15 heteroatoms. The molecule has 0 amide bonds. The molecule has 3 aliphatic rings. The molecule has 5 rings (SSSR count). The Morgan fingerprint density at radius 1 is 1.14 bits per heavy atom. The van der Waals surface area contributed by atoms with E-state index < -0.39 is 41.7 Å². The first-order chi connectivity index (χ1) is 26.8. The summed E-state index contributed by atoms with van der Waals surface area (Å²) in [5.74, 6) is -0.520. The van der Waals surface area contributed by atoms with Gasteiger partial charge in [-0.3, -0.25) is 10.1 Å². The number of dihydropyridines is 1. The van der Waals surface area contributed by atoms with Crippen LogP contribution in [0.5, 0.6) is 28.7 Å². The number of rotatable bonds is 19. The number of phenolic OH excluding ortho intramolecular Hbond substituents is 2. The van der Waals surface area contributed by atoms with Crippen LogP contribution in [0.4, 0.5) is 0 Å². The zero-order chi connectivity index (χ0) is 40.4. The van der Waals surface area contributed by atoms with Crippen LogP contribution in [0.2, 0.25) is 0 Å². The number of hydrogen-bond donors (Lipinski definition) is 10. The Morgan fingerprint density at radius 2 is 1.93 bits per heavy atom. The predicted molar refractivity (Wildman–Crippen MR) is 208 cm³/mol. The molecule has 0 spiro atoms. The fourth-order valence-electron chi connectivity index (χ4n) is 8.21. The third-order valence-corrected chi connectivity index (χ3v) is 11.1. The molecule has 15 nitrogen and oxygen atoms in total. The molecule has 2 fully saturated rings. The molecule has 0 unspecified atom stereocenters. The number of nitrogens with two attached hydrogens (primary N) is 1. The number of aliphatic hydroxyl groups is 3. The van der Waals surface area contributed by atoms with Crippen molar-refractivity contribution in [2.75, 3.05) is 40.1 Å². The van der Waals surface area contributed by atoms with Gasteiger partial charge in [0.25, 0.3) is 0 Å². The maximum atomic E-state index is 12.3. The molecular weight excluding hydrogens is 724 g/mol. The Bertz CT molecular complexity index is 1690. The number of aryl methyl sites for hydroxylation is 1. The van der Waals surface area contributed by atoms with Crippen molar-refractivity contribution in [3.63, 3.8) is 0 Å². The highest BCUT2D eigenvalue weighted by Crippen LogP contribution is 2.47. The maximum Gasteiger partial charge on any atom is 0.303 e. The third kappa shape index (κ3) is 11.2. The molecule has 3 heterocycles. The molecule has 2 saturated heterocycles. The Kier molecular flexibility index (Phi) is 15.1. The number of aliphatic carboxylic acids is 1. The lowest BCUT2D eigenvalue weighted by atomic mass is 9.66. The van der Waals surface area contributed by atoms with Crippen LogP contribution in [0, 0.1) is 11.3 Å². The second kappa shape index (κ2) is 19.7. The van der Waals surface area contributed by atoms with Crippen molar-refractivity contribution in [3.8, 4) is 28.7 Å². The van der Waals surface area contributed by atoms with E-state index in [1.807, 2.05) is 12.2 Å². The van der Waals surface area contributed by atoms with Gasteiger partial charge in [0, 0.05) is 43.1 Å². The maximum absolute atomic E-state index is 12.3. The number of carboxylic acids is 1. The summed E-state index contributed by atoms with van der Waals surface area (Å²) in [5.41, 5.74) is 7.79. The van der Waals surface area contributed by atoms with Crippen molar-refractivity contribution in [3.05, 3.63) is 65.0 Å². The fourth-order valence-corrected chi connectivity index (χ4v) is 8.21. The number of carboxylic acid groups (broad SMARTS) is 1. The molecular formula is C41H60N4O11. The van der Waals surface area contributed by atoms with Crippen LogP contribution >= 0.6 is 0 Å². The molecule has 3 aliphatic heterocycles. The van der Waals surface area contributed by atoms with E-state index in [2.05, 4.69) is 22.9 Å². The van der Waals surface area contributed by atoms with Crippen LogP contribution in [-0.4, -0.2) is 107 Å². The summed E-state index contributed by atoms with van der Waals surface area (Å²) < 4.78 is 24.3. The summed E-state index contributed by atoms with van der Waals surface area (Å²) in [6.45, 7) is 4.60. The molecule has 2 aromatic carbocycles. The highest BCUT2D eigenvalue weighted by molar-refractivity contribution is 5.68. The average molecular weight is 785 g/mol. The van der Waals surface area contributed by atoms with Gasteiger partial charge in [-0.1, -0.05) is 12.1 Å². The molecule has 0 saturated carbocycles. The Balaban J connectivity index is 1.35. The number of methoxy groups -OCH3 is 1. The van der Waals surface area contributed by atoms with Gasteiger partial charge in [0.05, 0.1) is 43.8 Å². The Labute approximate surface area is 328 Å². The minimum atomic E-state index is -0.915. The number of carbonyl (C=O) groups is 1. The number of benzene rings is 2. The van der Waals surface area contributed by atoms with E-state index in [1.165, 1.54) is 7.11 Å². The van der Waals surface area contributed by atoms with E-state index in [9.17, 15) is 35.4 Å². The molecule has 2 aromatic rings. The first-order valence-corrected chi connectivity index (χ1v) is 19.5. The monoisotopic (exact) mass is 784 g/mol. The lowest BCUT2D eigenvalue weighted by molar-refractivity contribution is -0.144. The zero-order valence-corrected chi connectivity index (χ0v) is 32.6. The highest BCUT2D eigenvalue weighted by Gasteiger charge is 2.45. The number of ether oxygens (including phenoxy) is 4. The fraction of sp³-hybridized carbons (Fsp3) is 0.585. The van der Waals surface area contributed by atoms with E-state index >= 15 is 0 Å². The van der Waals surface area contributed by atoms with Crippen LogP contribution in [0.25, 0.3) is 0 Å². The molecule has 8 atom stereocenters. The van der Waals surface area contributed by atoms with Crippen molar-refractivity contribution >= 4 is 5.97 Å². The first kappa shape index (κ1) is 42.9. The first-order valence-electron chi connectivity index (χ1n) is 19.5. The smallest absolute Gasteiger partial charge is 0.303 e. The lowest BCUT2D eigenvalue weighted by Gasteiger charge is -2.46. The number of nitrogens with one attached hydrogen (secondary N) is 3. The standard InChI is InChI=1S/C41H60N4O11/c1-24-8-11-41(20-38(50)51,19-27-9-12-44-37(42)15-27)36(45-24)22-54-35-17-28(16-34(53-3)39(35)52)40-30(10-13-46)32(49)18-29(56-40)6-4-26-5-7-31(48)33(14-26)55-23-43-21-25(2)47/h5,7,9,14-17,24-25,29-30,32,36,40,43-49,52H,4,6,8,10-13,18-23,42H2,1-3H3,(H,50,51)/t24-,25-,29-,30-,32-,36+,40+,41+/m0/s1. The largest absolute Gasteiger partial charge is 0.504 e. The number of piperidine rings is 1. The van der Waals surface area contributed by atoms with Gasteiger partial charge in [-0.05, 0) is 106 Å². The zero-order valence-electron chi connectivity index (χ0n) is 32.6. The molecule has 0 aromatic heterocycles. The number of aromatic hydroxyl groups is 2. The van der Waals surface area contributed by atoms with Crippen LogP contribution in [-0.2, 0) is 16.0 Å². The van der Waals surface area contributed by atoms with Gasteiger partial charge in [0.2, 0.25) is 5.75 Å². The van der Waals surface area contributed by atoms with Gasteiger partial charge in [-0.2, -0.15) is 0 Å². The highest BCUT2D eigenvalue weighted by atomic mass is 16.5. The minimum Gasteiger partial charge on any atom is -0.504 e. The van der Waals surface area contributed by atoms with Crippen molar-refractivity contribution in [1.82, 2.24) is 16.0 Å². The topological polar surface area (TPSA) is 237 Å². The van der Waals surface area contributed by atoms with Crippen molar-refractivity contribution in [2.24, 2.45) is 17.1 Å². The van der Waals surface area contributed by atoms with E-state index in [1.54, 1.807) is 37.3 Å². The number of phenols is 2. The van der Waals surface area contributed by atoms with Gasteiger partial charge >= 0.3 is 5.97 Å². The Morgan fingerprint density at radius 3 is 2.64 bits per heavy atom. The predicted octanol–water partition coefficient (Wildman–Crippen LogP) is 2.94. The number of allylic oxidation sites excluding steroid dienone is 2. The van der Waals surface area contributed by atoms with Gasteiger partial charge in [-0.25, -0.2) is 0 Å². The van der Waals surface area contributed by atoms with Gasteiger partial charge in [0.1, 0.15) is 13.3 Å². The van der Waals surface area contributed by atoms with E-state index in [0.29, 0.717) is 62.3 Å². The quantitative estimate of drug-likeness (QED) is 0.0728.